The predicted molar refractivity (Wildman–Crippen MR) is 69.7 cm³/mol. The zero-order valence-electron chi connectivity index (χ0n) is 9.48. The van der Waals surface area contributed by atoms with Crippen LogP contribution in [0.1, 0.15) is 6.92 Å². The minimum Gasteiger partial charge on any atom is -0.507 e. The summed E-state index contributed by atoms with van der Waals surface area (Å²) in [5.41, 5.74) is 1.59. The van der Waals surface area contributed by atoms with Crippen LogP contribution in [-0.2, 0) is 0 Å². The largest absolute Gasteiger partial charge is 0.507 e. The molecular weight excluding hydrogens is 236 g/mol. The van der Waals surface area contributed by atoms with Crippen LogP contribution in [0.25, 0.3) is 11.1 Å². The van der Waals surface area contributed by atoms with Crippen molar-refractivity contribution in [1.29, 1.82) is 0 Å². The smallest absolute Gasteiger partial charge is 0.123 e. The number of hydrogen-bond donors (Lipinski definition) is 1. The molecule has 17 heavy (non-hydrogen) atoms. The first-order chi connectivity index (χ1) is 8.20. The van der Waals surface area contributed by atoms with E-state index in [2.05, 4.69) is 0 Å². The van der Waals surface area contributed by atoms with Gasteiger partial charge in [-0.25, -0.2) is 0 Å². The maximum atomic E-state index is 9.81. The Morgan fingerprint density at radius 2 is 2.00 bits per heavy atom. The van der Waals surface area contributed by atoms with Gasteiger partial charge in [0.2, 0.25) is 0 Å². The molecule has 0 aliphatic rings. The van der Waals surface area contributed by atoms with Crippen molar-refractivity contribution in [1.82, 2.24) is 0 Å². The third-order valence-corrected chi connectivity index (χ3v) is 2.65. The molecule has 0 spiro atoms. The molecule has 0 saturated carbocycles. The summed E-state index contributed by atoms with van der Waals surface area (Å²) in [7, 11) is 0. The molecule has 1 N–H and O–H groups in total. The molecule has 0 amide bonds. The predicted octanol–water partition coefficient (Wildman–Crippen LogP) is 4.11. The molecular formula is C14H13ClO2. The van der Waals surface area contributed by atoms with Crippen molar-refractivity contribution in [3.8, 4) is 22.6 Å². The Morgan fingerprint density at radius 1 is 1.18 bits per heavy atom. The van der Waals surface area contributed by atoms with E-state index in [4.69, 9.17) is 16.3 Å². The summed E-state index contributed by atoms with van der Waals surface area (Å²) in [6.07, 6.45) is 0. The zero-order valence-corrected chi connectivity index (χ0v) is 10.2. The summed E-state index contributed by atoms with van der Waals surface area (Å²) in [5, 5.41) is 10.4. The van der Waals surface area contributed by atoms with Crippen LogP contribution >= 0.6 is 11.6 Å². The lowest BCUT2D eigenvalue weighted by molar-refractivity contribution is 0.340. The van der Waals surface area contributed by atoms with Crippen LogP contribution < -0.4 is 4.74 Å². The van der Waals surface area contributed by atoms with E-state index in [1.807, 2.05) is 31.2 Å². The van der Waals surface area contributed by atoms with Crippen molar-refractivity contribution in [2.45, 2.75) is 6.92 Å². The number of phenolic OH excluding ortho intramolecular Hbond substituents is 1. The van der Waals surface area contributed by atoms with Crippen molar-refractivity contribution in [3.05, 3.63) is 47.5 Å². The van der Waals surface area contributed by atoms with E-state index in [0.717, 1.165) is 11.3 Å². The molecule has 0 bridgehead atoms. The Hall–Kier alpha value is -1.67. The van der Waals surface area contributed by atoms with Gasteiger partial charge >= 0.3 is 0 Å². The van der Waals surface area contributed by atoms with E-state index in [9.17, 15) is 5.11 Å². The van der Waals surface area contributed by atoms with Crippen molar-refractivity contribution in [2.75, 3.05) is 6.61 Å². The Bertz CT molecular complexity index is 523. The fourth-order valence-electron chi connectivity index (χ4n) is 1.66. The Morgan fingerprint density at radius 3 is 2.76 bits per heavy atom. The minimum atomic E-state index is 0.211. The quantitative estimate of drug-likeness (QED) is 0.886. The van der Waals surface area contributed by atoms with Gasteiger partial charge in [-0.2, -0.15) is 0 Å². The minimum absolute atomic E-state index is 0.211. The maximum Gasteiger partial charge on any atom is 0.123 e. The number of halogens is 1. The van der Waals surface area contributed by atoms with Gasteiger partial charge in [0.25, 0.3) is 0 Å². The van der Waals surface area contributed by atoms with E-state index in [0.29, 0.717) is 17.2 Å². The molecule has 2 nitrogen and oxygen atoms in total. The summed E-state index contributed by atoms with van der Waals surface area (Å²) < 4.78 is 5.42. The second kappa shape index (κ2) is 5.11. The number of phenols is 1. The highest BCUT2D eigenvalue weighted by molar-refractivity contribution is 6.31. The normalized spacial score (nSPS) is 10.2. The highest BCUT2D eigenvalue weighted by atomic mass is 35.5. The molecule has 0 heterocycles. The lowest BCUT2D eigenvalue weighted by Crippen LogP contribution is -1.91. The van der Waals surface area contributed by atoms with Crippen molar-refractivity contribution in [3.63, 3.8) is 0 Å². The van der Waals surface area contributed by atoms with Gasteiger partial charge in [-0.3, -0.25) is 0 Å². The topological polar surface area (TPSA) is 29.5 Å². The number of aromatic hydroxyl groups is 1. The standard InChI is InChI=1S/C14H13ClO2/c1-2-17-12-5-3-4-10(8-12)13-9-11(15)6-7-14(13)16/h3-9,16H,2H2,1H3. The summed E-state index contributed by atoms with van der Waals surface area (Å²) in [6.45, 7) is 2.55. The Balaban J connectivity index is 2.45. The third-order valence-electron chi connectivity index (χ3n) is 2.41. The maximum absolute atomic E-state index is 9.81. The monoisotopic (exact) mass is 248 g/mol. The fraction of sp³-hybridized carbons (Fsp3) is 0.143. The highest BCUT2D eigenvalue weighted by Crippen LogP contribution is 2.33. The van der Waals surface area contributed by atoms with Crippen molar-refractivity contribution < 1.29 is 9.84 Å². The Kier molecular flexibility index (Phi) is 3.55. The molecule has 0 saturated heterocycles. The van der Waals surface area contributed by atoms with Gasteiger partial charge in [-0.1, -0.05) is 23.7 Å². The molecule has 0 atom stereocenters. The highest BCUT2D eigenvalue weighted by Gasteiger charge is 2.06. The molecule has 0 unspecified atom stereocenters. The fourth-order valence-corrected chi connectivity index (χ4v) is 1.83. The second-order valence-electron chi connectivity index (χ2n) is 3.62. The van der Waals surface area contributed by atoms with E-state index in [1.165, 1.54) is 0 Å². The molecule has 0 aliphatic heterocycles. The van der Waals surface area contributed by atoms with Crippen LogP contribution in [0.15, 0.2) is 42.5 Å². The van der Waals surface area contributed by atoms with E-state index < -0.39 is 0 Å². The molecule has 2 rings (SSSR count). The molecule has 3 heteroatoms. The van der Waals surface area contributed by atoms with Gasteiger partial charge in [0.05, 0.1) is 6.61 Å². The lowest BCUT2D eigenvalue weighted by Gasteiger charge is -2.08. The van der Waals surface area contributed by atoms with Gasteiger partial charge in [0, 0.05) is 10.6 Å². The molecule has 0 aliphatic carbocycles. The lowest BCUT2D eigenvalue weighted by atomic mass is 10.0. The summed E-state index contributed by atoms with van der Waals surface area (Å²) in [4.78, 5) is 0. The Labute approximate surface area is 105 Å². The summed E-state index contributed by atoms with van der Waals surface area (Å²) >= 11 is 5.93. The van der Waals surface area contributed by atoms with Gasteiger partial charge in [-0.05, 0) is 42.8 Å². The number of rotatable bonds is 3. The SMILES string of the molecule is CCOc1cccc(-c2cc(Cl)ccc2O)c1. The van der Waals surface area contributed by atoms with Gasteiger partial charge in [-0.15, -0.1) is 0 Å². The van der Waals surface area contributed by atoms with Gasteiger partial charge in [0.15, 0.2) is 0 Å². The number of benzene rings is 2. The molecule has 0 radical (unpaired) electrons. The number of hydrogen-bond acceptors (Lipinski definition) is 2. The molecule has 88 valence electrons. The first kappa shape index (κ1) is 11.8. The molecule has 2 aromatic rings. The van der Waals surface area contributed by atoms with E-state index in [-0.39, 0.29) is 5.75 Å². The number of ether oxygens (including phenoxy) is 1. The second-order valence-corrected chi connectivity index (χ2v) is 4.06. The van der Waals surface area contributed by atoms with Crippen LogP contribution in [0, 0.1) is 0 Å². The zero-order chi connectivity index (χ0) is 12.3. The van der Waals surface area contributed by atoms with Crippen molar-refractivity contribution in [2.24, 2.45) is 0 Å². The van der Waals surface area contributed by atoms with Gasteiger partial charge in [0.1, 0.15) is 11.5 Å². The van der Waals surface area contributed by atoms with Crippen LogP contribution in [0.3, 0.4) is 0 Å². The van der Waals surface area contributed by atoms with Crippen LogP contribution in [-0.4, -0.2) is 11.7 Å². The first-order valence-corrected chi connectivity index (χ1v) is 5.80. The average Bonchev–Trinajstić information content (AvgIpc) is 2.33. The summed E-state index contributed by atoms with van der Waals surface area (Å²) in [6, 6.07) is 12.6. The van der Waals surface area contributed by atoms with E-state index in [1.54, 1.807) is 18.2 Å². The van der Waals surface area contributed by atoms with Crippen LogP contribution in [0.5, 0.6) is 11.5 Å². The first-order valence-electron chi connectivity index (χ1n) is 5.42. The van der Waals surface area contributed by atoms with Gasteiger partial charge < -0.3 is 9.84 Å². The van der Waals surface area contributed by atoms with E-state index >= 15 is 0 Å². The van der Waals surface area contributed by atoms with Crippen molar-refractivity contribution >= 4 is 11.6 Å². The van der Waals surface area contributed by atoms with Crippen LogP contribution in [0.2, 0.25) is 5.02 Å². The summed E-state index contributed by atoms with van der Waals surface area (Å²) in [5.74, 6) is 0.993. The molecule has 2 aromatic carbocycles. The average molecular weight is 249 g/mol. The molecule has 0 aromatic heterocycles. The van der Waals surface area contributed by atoms with Crippen LogP contribution in [0.4, 0.5) is 0 Å². The third kappa shape index (κ3) is 2.71. The molecule has 0 fully saturated rings.